The van der Waals surface area contributed by atoms with E-state index in [0.29, 0.717) is 17.9 Å². The summed E-state index contributed by atoms with van der Waals surface area (Å²) in [4.78, 5) is 36.9. The first kappa shape index (κ1) is 20.1. The minimum atomic E-state index is -0.596. The maximum atomic E-state index is 12.2. The summed E-state index contributed by atoms with van der Waals surface area (Å²) in [6.45, 7) is 0.581. The minimum Gasteiger partial charge on any atom is -0.484 e. The molecule has 3 amide bonds. The third-order valence-electron chi connectivity index (χ3n) is 4.85. The summed E-state index contributed by atoms with van der Waals surface area (Å²) in [5, 5.41) is 6.84. The molecule has 3 N–H and O–H groups in total. The number of benzene rings is 2. The van der Waals surface area contributed by atoms with Crippen LogP contribution in [-0.4, -0.2) is 40.7 Å². The minimum absolute atomic E-state index is 0.125. The Hall–Kier alpha value is -4.14. The average Bonchev–Trinajstić information content (AvgIpc) is 3.43. The predicted octanol–water partition coefficient (Wildman–Crippen LogP) is 2.12. The molecule has 0 radical (unpaired) electrons. The second-order valence-corrected chi connectivity index (χ2v) is 7.04. The Morgan fingerprint density at radius 3 is 2.35 bits per heavy atom. The van der Waals surface area contributed by atoms with Gasteiger partial charge >= 0.3 is 0 Å². The summed E-state index contributed by atoms with van der Waals surface area (Å²) in [5.41, 5.74) is 7.53. The molecular formula is C22H21N5O4. The number of ether oxygens (including phenoxy) is 1. The summed E-state index contributed by atoms with van der Waals surface area (Å²) in [5.74, 6) is -0.228. The van der Waals surface area contributed by atoms with Crippen molar-refractivity contribution in [3.63, 3.8) is 0 Å². The van der Waals surface area contributed by atoms with Gasteiger partial charge in [0.2, 0.25) is 5.91 Å². The van der Waals surface area contributed by atoms with Gasteiger partial charge in [-0.1, -0.05) is 0 Å². The number of nitrogens with one attached hydrogen (secondary N) is 1. The van der Waals surface area contributed by atoms with Crippen LogP contribution in [0.4, 0.5) is 11.4 Å². The Morgan fingerprint density at radius 1 is 1.03 bits per heavy atom. The van der Waals surface area contributed by atoms with Crippen molar-refractivity contribution in [2.45, 2.75) is 12.8 Å². The van der Waals surface area contributed by atoms with E-state index in [2.05, 4.69) is 10.4 Å². The van der Waals surface area contributed by atoms with Crippen LogP contribution >= 0.6 is 0 Å². The number of aromatic nitrogens is 2. The quantitative estimate of drug-likeness (QED) is 0.608. The van der Waals surface area contributed by atoms with Gasteiger partial charge in [0.1, 0.15) is 11.4 Å². The smallest absolute Gasteiger partial charge is 0.269 e. The number of nitrogens with zero attached hydrogens (tertiary/aromatic N) is 3. The van der Waals surface area contributed by atoms with E-state index >= 15 is 0 Å². The molecule has 1 fully saturated rings. The van der Waals surface area contributed by atoms with Crippen molar-refractivity contribution < 1.29 is 19.1 Å². The first-order valence-electron chi connectivity index (χ1n) is 9.78. The van der Waals surface area contributed by atoms with E-state index in [9.17, 15) is 14.4 Å². The van der Waals surface area contributed by atoms with E-state index in [4.69, 9.17) is 10.5 Å². The highest BCUT2D eigenvalue weighted by Gasteiger charge is 2.21. The number of hydrogen-bond acceptors (Lipinski definition) is 5. The summed E-state index contributed by atoms with van der Waals surface area (Å²) < 4.78 is 7.05. The van der Waals surface area contributed by atoms with Crippen LogP contribution in [0.25, 0.3) is 5.69 Å². The van der Waals surface area contributed by atoms with E-state index in [-0.39, 0.29) is 24.1 Å². The number of amides is 3. The lowest BCUT2D eigenvalue weighted by Crippen LogP contribution is -2.23. The second-order valence-electron chi connectivity index (χ2n) is 7.04. The van der Waals surface area contributed by atoms with Gasteiger partial charge < -0.3 is 20.7 Å². The Balaban J connectivity index is 1.29. The average molecular weight is 419 g/mol. The van der Waals surface area contributed by atoms with E-state index in [1.54, 1.807) is 47.5 Å². The van der Waals surface area contributed by atoms with Crippen LogP contribution in [0, 0.1) is 0 Å². The molecule has 158 valence electrons. The zero-order valence-corrected chi connectivity index (χ0v) is 16.7. The molecule has 2 heterocycles. The molecule has 0 spiro atoms. The fourth-order valence-electron chi connectivity index (χ4n) is 3.29. The maximum Gasteiger partial charge on any atom is 0.269 e. The van der Waals surface area contributed by atoms with E-state index in [0.717, 1.165) is 24.3 Å². The lowest BCUT2D eigenvalue weighted by molar-refractivity contribution is -0.118. The Kier molecular flexibility index (Phi) is 5.65. The highest BCUT2D eigenvalue weighted by Crippen LogP contribution is 2.24. The van der Waals surface area contributed by atoms with Crippen molar-refractivity contribution >= 4 is 29.1 Å². The van der Waals surface area contributed by atoms with Gasteiger partial charge in [-0.3, -0.25) is 14.4 Å². The number of hydrogen-bond donors (Lipinski definition) is 2. The fraction of sp³-hybridized carbons (Fsp3) is 0.182. The van der Waals surface area contributed by atoms with E-state index in [1.807, 2.05) is 12.1 Å². The summed E-state index contributed by atoms with van der Waals surface area (Å²) in [7, 11) is 0. The molecular weight excluding hydrogens is 398 g/mol. The molecule has 1 aliphatic rings. The number of anilines is 2. The summed E-state index contributed by atoms with van der Waals surface area (Å²) in [6.07, 6.45) is 3.08. The number of primary amides is 1. The van der Waals surface area contributed by atoms with Gasteiger partial charge in [-0.15, -0.1) is 0 Å². The molecule has 9 heteroatoms. The van der Waals surface area contributed by atoms with Gasteiger partial charge in [-0.05, 0) is 61.0 Å². The third kappa shape index (κ3) is 4.72. The topological polar surface area (TPSA) is 120 Å². The number of carbonyl (C=O) groups is 3. The van der Waals surface area contributed by atoms with Crippen molar-refractivity contribution in [1.29, 1.82) is 0 Å². The zero-order chi connectivity index (χ0) is 21.8. The first-order valence-corrected chi connectivity index (χ1v) is 9.78. The van der Waals surface area contributed by atoms with Gasteiger partial charge in [-0.2, -0.15) is 5.10 Å². The molecule has 0 bridgehead atoms. The van der Waals surface area contributed by atoms with Gasteiger partial charge in [0.25, 0.3) is 11.8 Å². The van der Waals surface area contributed by atoms with Crippen LogP contribution < -0.4 is 20.7 Å². The summed E-state index contributed by atoms with van der Waals surface area (Å²) >= 11 is 0. The molecule has 0 unspecified atom stereocenters. The van der Waals surface area contributed by atoms with Crippen LogP contribution in [0.2, 0.25) is 0 Å². The molecule has 0 saturated carbocycles. The van der Waals surface area contributed by atoms with Crippen LogP contribution in [-0.2, 0) is 9.59 Å². The first-order chi connectivity index (χ1) is 15.0. The molecule has 9 nitrogen and oxygen atoms in total. The van der Waals surface area contributed by atoms with Crippen molar-refractivity contribution in [1.82, 2.24) is 9.78 Å². The van der Waals surface area contributed by atoms with Gasteiger partial charge in [0.05, 0.1) is 5.69 Å². The second kappa shape index (κ2) is 8.70. The maximum absolute atomic E-state index is 12.2. The third-order valence-corrected chi connectivity index (χ3v) is 4.85. The van der Waals surface area contributed by atoms with Gasteiger partial charge in [0.15, 0.2) is 6.61 Å². The van der Waals surface area contributed by atoms with Crippen LogP contribution in [0.5, 0.6) is 5.75 Å². The van der Waals surface area contributed by atoms with Crippen molar-refractivity contribution in [2.75, 3.05) is 23.4 Å². The highest BCUT2D eigenvalue weighted by atomic mass is 16.5. The lowest BCUT2D eigenvalue weighted by Gasteiger charge is -2.16. The van der Waals surface area contributed by atoms with E-state index in [1.165, 1.54) is 10.7 Å². The molecule has 1 aromatic heterocycles. The Labute approximate surface area is 178 Å². The molecule has 0 atom stereocenters. The molecule has 2 aromatic carbocycles. The molecule has 4 rings (SSSR count). The van der Waals surface area contributed by atoms with Crippen LogP contribution in [0.1, 0.15) is 23.3 Å². The fourth-order valence-corrected chi connectivity index (χ4v) is 3.29. The number of rotatable bonds is 7. The molecule has 3 aromatic rings. The van der Waals surface area contributed by atoms with Crippen molar-refractivity contribution in [2.24, 2.45) is 5.73 Å². The SMILES string of the molecule is NC(=O)c1ccn(-c2ccc(NC(=O)COc3ccc(N4CCCC4=O)cc3)cc2)n1. The Bertz CT molecular complexity index is 1110. The van der Waals surface area contributed by atoms with Crippen LogP contribution in [0.15, 0.2) is 60.8 Å². The molecule has 31 heavy (non-hydrogen) atoms. The molecule has 1 aliphatic heterocycles. The predicted molar refractivity (Wildman–Crippen MR) is 114 cm³/mol. The van der Waals surface area contributed by atoms with Gasteiger partial charge in [0, 0.05) is 30.5 Å². The largest absolute Gasteiger partial charge is 0.484 e. The Morgan fingerprint density at radius 2 is 1.74 bits per heavy atom. The number of nitrogens with two attached hydrogens (primary N) is 1. The van der Waals surface area contributed by atoms with Crippen LogP contribution in [0.3, 0.4) is 0 Å². The standard InChI is InChI=1S/C22H21N5O4/c23-22(30)19-11-13-27(25-19)17-5-3-15(4-6-17)24-20(28)14-31-18-9-7-16(8-10-18)26-12-1-2-21(26)29/h3-11,13H,1-2,12,14H2,(H2,23,30)(H,24,28). The molecule has 0 aliphatic carbocycles. The molecule has 1 saturated heterocycles. The monoisotopic (exact) mass is 419 g/mol. The zero-order valence-electron chi connectivity index (χ0n) is 16.7. The summed E-state index contributed by atoms with van der Waals surface area (Å²) in [6, 6.07) is 15.6. The van der Waals surface area contributed by atoms with Crippen molar-refractivity contribution in [3.8, 4) is 11.4 Å². The highest BCUT2D eigenvalue weighted by molar-refractivity contribution is 5.95. The van der Waals surface area contributed by atoms with Gasteiger partial charge in [-0.25, -0.2) is 4.68 Å². The van der Waals surface area contributed by atoms with E-state index < -0.39 is 5.91 Å². The number of carbonyl (C=O) groups excluding carboxylic acids is 3. The normalized spacial score (nSPS) is 13.3. The van der Waals surface area contributed by atoms with Crippen molar-refractivity contribution in [3.05, 3.63) is 66.5 Å². The lowest BCUT2D eigenvalue weighted by atomic mass is 10.2.